The van der Waals surface area contributed by atoms with E-state index in [-0.39, 0.29) is 0 Å². The molecule has 2 heteroatoms. The Bertz CT molecular complexity index is 665. The van der Waals surface area contributed by atoms with Crippen LogP contribution in [0.15, 0.2) is 30.3 Å². The number of terminal acetylenes is 1. The van der Waals surface area contributed by atoms with Crippen molar-refractivity contribution in [1.82, 2.24) is 0 Å². The van der Waals surface area contributed by atoms with Gasteiger partial charge in [0.15, 0.2) is 6.29 Å². The molecule has 0 saturated carbocycles. The third-order valence-electron chi connectivity index (χ3n) is 3.50. The summed E-state index contributed by atoms with van der Waals surface area (Å²) in [7, 11) is 0. The van der Waals surface area contributed by atoms with Gasteiger partial charge in [-0.1, -0.05) is 37.1 Å². The second-order valence-electron chi connectivity index (χ2n) is 5.06. The van der Waals surface area contributed by atoms with Crippen LogP contribution < -0.4 is 0 Å². The van der Waals surface area contributed by atoms with Crippen LogP contribution in [-0.4, -0.2) is 19.5 Å². The average Bonchev–Trinajstić information content (AvgIpc) is 2.53. The second-order valence-corrected chi connectivity index (χ2v) is 5.06. The number of aryl methyl sites for hydroxylation is 1. The van der Waals surface area contributed by atoms with Gasteiger partial charge in [-0.25, -0.2) is 0 Å². The van der Waals surface area contributed by atoms with Gasteiger partial charge in [0.1, 0.15) is 0 Å². The number of rotatable bonds is 7. The maximum atomic E-state index is 11.2. The standard InChI is InChI=1S/C19H20O2/c1-3-11-21-12-5-6-15-7-10-18-17(13-15)9-8-16(4-2)19(18)14-20/h2,7-10,13-14H,3,5-6,11-12H2,1H3. The number of aldehydes is 1. The highest BCUT2D eigenvalue weighted by Gasteiger charge is 2.06. The summed E-state index contributed by atoms with van der Waals surface area (Å²) in [4.78, 5) is 11.2. The van der Waals surface area contributed by atoms with Gasteiger partial charge in [0.05, 0.1) is 0 Å². The topological polar surface area (TPSA) is 26.3 Å². The zero-order valence-corrected chi connectivity index (χ0v) is 12.4. The van der Waals surface area contributed by atoms with E-state index in [1.807, 2.05) is 18.2 Å². The molecule has 2 rings (SSSR count). The molecule has 2 aromatic rings. The van der Waals surface area contributed by atoms with Gasteiger partial charge in [-0.15, -0.1) is 6.42 Å². The van der Waals surface area contributed by atoms with E-state index in [9.17, 15) is 4.79 Å². The van der Waals surface area contributed by atoms with Crippen LogP contribution in [0.5, 0.6) is 0 Å². The minimum absolute atomic E-state index is 0.604. The molecule has 0 radical (unpaired) electrons. The lowest BCUT2D eigenvalue weighted by Gasteiger charge is -2.07. The van der Waals surface area contributed by atoms with E-state index in [0.717, 1.165) is 49.5 Å². The van der Waals surface area contributed by atoms with Gasteiger partial charge in [0.25, 0.3) is 0 Å². The van der Waals surface area contributed by atoms with Crippen molar-refractivity contribution in [2.45, 2.75) is 26.2 Å². The van der Waals surface area contributed by atoms with E-state index >= 15 is 0 Å². The fraction of sp³-hybridized carbons (Fsp3) is 0.316. The number of fused-ring (bicyclic) bond motifs is 1. The molecule has 0 amide bonds. The molecule has 0 saturated heterocycles. The fourth-order valence-corrected chi connectivity index (χ4v) is 2.44. The molecule has 0 aromatic heterocycles. The molecule has 0 aliphatic rings. The summed E-state index contributed by atoms with van der Waals surface area (Å²) >= 11 is 0. The molecule has 108 valence electrons. The monoisotopic (exact) mass is 280 g/mol. The predicted molar refractivity (Wildman–Crippen MR) is 86.7 cm³/mol. The van der Waals surface area contributed by atoms with Crippen molar-refractivity contribution in [3.8, 4) is 12.3 Å². The van der Waals surface area contributed by atoms with Crippen LogP contribution in [0.2, 0.25) is 0 Å². The van der Waals surface area contributed by atoms with Crippen molar-refractivity contribution in [3.05, 3.63) is 47.0 Å². The van der Waals surface area contributed by atoms with Crippen LogP contribution in [0.3, 0.4) is 0 Å². The normalized spacial score (nSPS) is 10.5. The van der Waals surface area contributed by atoms with Gasteiger partial charge in [-0.05, 0) is 41.7 Å². The number of hydrogen-bond acceptors (Lipinski definition) is 2. The van der Waals surface area contributed by atoms with Crippen LogP contribution in [-0.2, 0) is 11.2 Å². The molecule has 2 nitrogen and oxygen atoms in total. The Labute approximate surface area is 126 Å². The van der Waals surface area contributed by atoms with Gasteiger partial charge in [-0.3, -0.25) is 4.79 Å². The van der Waals surface area contributed by atoms with Crippen LogP contribution in [0.4, 0.5) is 0 Å². The first-order valence-electron chi connectivity index (χ1n) is 7.35. The lowest BCUT2D eigenvalue weighted by atomic mass is 9.97. The minimum atomic E-state index is 0.604. The Morgan fingerprint density at radius 1 is 1.24 bits per heavy atom. The van der Waals surface area contributed by atoms with E-state index in [4.69, 9.17) is 11.2 Å². The summed E-state index contributed by atoms with van der Waals surface area (Å²) < 4.78 is 5.49. The highest BCUT2D eigenvalue weighted by atomic mass is 16.5. The second kappa shape index (κ2) is 7.61. The fourth-order valence-electron chi connectivity index (χ4n) is 2.44. The van der Waals surface area contributed by atoms with Crippen molar-refractivity contribution >= 4 is 17.1 Å². The summed E-state index contributed by atoms with van der Waals surface area (Å²) in [5, 5.41) is 1.98. The molecule has 0 fully saturated rings. The average molecular weight is 280 g/mol. The maximum absolute atomic E-state index is 11.2. The van der Waals surface area contributed by atoms with Crippen molar-refractivity contribution in [3.63, 3.8) is 0 Å². The van der Waals surface area contributed by atoms with Crippen molar-refractivity contribution in [1.29, 1.82) is 0 Å². The zero-order valence-electron chi connectivity index (χ0n) is 12.4. The molecule has 0 atom stereocenters. The Morgan fingerprint density at radius 3 is 2.81 bits per heavy atom. The Kier molecular flexibility index (Phi) is 5.54. The molecule has 0 aliphatic carbocycles. The molecule has 0 bridgehead atoms. The number of carbonyl (C=O) groups excluding carboxylic acids is 1. The summed E-state index contributed by atoms with van der Waals surface area (Å²) in [6.07, 6.45) is 9.32. The van der Waals surface area contributed by atoms with Crippen LogP contribution >= 0.6 is 0 Å². The van der Waals surface area contributed by atoms with Gasteiger partial charge < -0.3 is 4.74 Å². The highest BCUT2D eigenvalue weighted by molar-refractivity contribution is 6.00. The van der Waals surface area contributed by atoms with E-state index in [2.05, 4.69) is 25.0 Å². The largest absolute Gasteiger partial charge is 0.381 e. The summed E-state index contributed by atoms with van der Waals surface area (Å²) in [6.45, 7) is 3.73. The Balaban J connectivity index is 2.16. The quantitative estimate of drug-likeness (QED) is 0.435. The van der Waals surface area contributed by atoms with Gasteiger partial charge in [-0.2, -0.15) is 0 Å². The SMILES string of the molecule is C#Cc1ccc2cc(CCCOCCC)ccc2c1C=O. The first-order chi connectivity index (χ1) is 10.3. The van der Waals surface area contributed by atoms with Crippen LogP contribution in [0, 0.1) is 12.3 Å². The highest BCUT2D eigenvalue weighted by Crippen LogP contribution is 2.22. The maximum Gasteiger partial charge on any atom is 0.151 e. The van der Waals surface area contributed by atoms with Gasteiger partial charge >= 0.3 is 0 Å². The summed E-state index contributed by atoms with van der Waals surface area (Å²) in [6, 6.07) is 9.99. The Morgan fingerprint density at radius 2 is 2.10 bits per heavy atom. The third kappa shape index (κ3) is 3.71. The summed E-state index contributed by atoms with van der Waals surface area (Å²) in [5.74, 6) is 2.56. The first-order valence-corrected chi connectivity index (χ1v) is 7.35. The Hall–Kier alpha value is -2.11. The first kappa shape index (κ1) is 15.3. The molecule has 0 heterocycles. The van der Waals surface area contributed by atoms with Crippen molar-refractivity contribution in [2.24, 2.45) is 0 Å². The van der Waals surface area contributed by atoms with Crippen LogP contribution in [0.25, 0.3) is 10.8 Å². The van der Waals surface area contributed by atoms with Gasteiger partial charge in [0, 0.05) is 24.3 Å². The minimum Gasteiger partial charge on any atom is -0.381 e. The molecule has 2 aromatic carbocycles. The molecule has 0 N–H and O–H groups in total. The smallest absolute Gasteiger partial charge is 0.151 e. The molecule has 0 aliphatic heterocycles. The molecule has 0 unspecified atom stereocenters. The number of carbonyl (C=O) groups is 1. The third-order valence-corrected chi connectivity index (χ3v) is 3.50. The molecule has 21 heavy (non-hydrogen) atoms. The lowest BCUT2D eigenvalue weighted by Crippen LogP contribution is -1.98. The number of benzene rings is 2. The van der Waals surface area contributed by atoms with E-state index in [1.54, 1.807) is 0 Å². The summed E-state index contributed by atoms with van der Waals surface area (Å²) in [5.41, 5.74) is 2.51. The molecular formula is C19H20O2. The zero-order chi connectivity index (χ0) is 15.1. The number of ether oxygens (including phenoxy) is 1. The molecular weight excluding hydrogens is 260 g/mol. The van der Waals surface area contributed by atoms with Crippen LogP contribution in [0.1, 0.15) is 41.3 Å². The van der Waals surface area contributed by atoms with E-state index in [1.165, 1.54) is 5.56 Å². The van der Waals surface area contributed by atoms with Crippen molar-refractivity contribution in [2.75, 3.05) is 13.2 Å². The predicted octanol–water partition coefficient (Wildman–Crippen LogP) is 3.99. The van der Waals surface area contributed by atoms with Crippen molar-refractivity contribution < 1.29 is 9.53 Å². The lowest BCUT2D eigenvalue weighted by molar-refractivity contribution is 0.112. The van der Waals surface area contributed by atoms with E-state index in [0.29, 0.717) is 11.1 Å². The van der Waals surface area contributed by atoms with E-state index < -0.39 is 0 Å². The van der Waals surface area contributed by atoms with Gasteiger partial charge in [0.2, 0.25) is 0 Å². The molecule has 0 spiro atoms. The number of hydrogen-bond donors (Lipinski definition) is 0.